The third kappa shape index (κ3) is 2.41. The number of rotatable bonds is 2. The van der Waals surface area contributed by atoms with Gasteiger partial charge in [-0.05, 0) is 68.8 Å². The van der Waals surface area contributed by atoms with Gasteiger partial charge in [-0.15, -0.1) is 0 Å². The molecule has 3 atom stereocenters. The van der Waals surface area contributed by atoms with E-state index in [-0.39, 0.29) is 11.9 Å². The normalized spacial score (nSPS) is 32.5. The molecule has 0 spiro atoms. The van der Waals surface area contributed by atoms with E-state index in [0.717, 1.165) is 24.0 Å². The molecular weight excluding hydrogens is 239 g/mol. The van der Waals surface area contributed by atoms with E-state index >= 15 is 0 Å². The van der Waals surface area contributed by atoms with Crippen molar-refractivity contribution in [2.24, 2.45) is 11.7 Å². The van der Waals surface area contributed by atoms with Crippen LogP contribution in [0.2, 0.25) is 0 Å². The van der Waals surface area contributed by atoms with Crippen LogP contribution in [-0.4, -0.2) is 24.0 Å². The number of aryl methyl sites for hydroxylation is 1. The van der Waals surface area contributed by atoms with Crippen LogP contribution in [0, 0.1) is 18.7 Å². The van der Waals surface area contributed by atoms with Crippen molar-refractivity contribution in [2.45, 2.75) is 50.7 Å². The van der Waals surface area contributed by atoms with Crippen molar-refractivity contribution in [1.29, 1.82) is 0 Å². The van der Waals surface area contributed by atoms with Crippen LogP contribution in [-0.2, 0) is 0 Å². The minimum Gasteiger partial charge on any atom is -0.324 e. The van der Waals surface area contributed by atoms with Gasteiger partial charge in [-0.2, -0.15) is 0 Å². The number of piperidine rings is 1. The van der Waals surface area contributed by atoms with Gasteiger partial charge >= 0.3 is 0 Å². The van der Waals surface area contributed by atoms with Crippen LogP contribution in [0.25, 0.3) is 0 Å². The summed E-state index contributed by atoms with van der Waals surface area (Å²) in [5.41, 5.74) is 8.34. The largest absolute Gasteiger partial charge is 0.324 e. The Morgan fingerprint density at radius 1 is 1.21 bits per heavy atom. The van der Waals surface area contributed by atoms with Gasteiger partial charge in [0.15, 0.2) is 0 Å². The molecule has 104 valence electrons. The summed E-state index contributed by atoms with van der Waals surface area (Å²) < 4.78 is 13.5. The lowest BCUT2D eigenvalue weighted by Gasteiger charge is -2.39. The molecule has 3 heteroatoms. The lowest BCUT2D eigenvalue weighted by atomic mass is 9.82. The first-order valence-corrected chi connectivity index (χ1v) is 7.29. The van der Waals surface area contributed by atoms with Gasteiger partial charge in [-0.25, -0.2) is 4.39 Å². The molecule has 0 radical (unpaired) electrons. The summed E-state index contributed by atoms with van der Waals surface area (Å²) in [6.07, 6.45) is 4.91. The molecule has 3 unspecified atom stereocenters. The van der Waals surface area contributed by atoms with Crippen LogP contribution >= 0.6 is 0 Å². The summed E-state index contributed by atoms with van der Waals surface area (Å²) >= 11 is 0. The molecule has 2 fully saturated rings. The zero-order valence-electron chi connectivity index (χ0n) is 11.8. The summed E-state index contributed by atoms with van der Waals surface area (Å²) in [4.78, 5) is 2.51. The van der Waals surface area contributed by atoms with Gasteiger partial charge < -0.3 is 10.6 Å². The van der Waals surface area contributed by atoms with Crippen molar-refractivity contribution in [3.05, 3.63) is 35.1 Å². The van der Waals surface area contributed by atoms with E-state index in [4.69, 9.17) is 5.73 Å². The average molecular weight is 262 g/mol. The number of nitrogens with two attached hydrogens (primary N) is 1. The van der Waals surface area contributed by atoms with Crippen molar-refractivity contribution in [3.63, 3.8) is 0 Å². The topological polar surface area (TPSA) is 29.3 Å². The van der Waals surface area contributed by atoms with Crippen molar-refractivity contribution in [3.8, 4) is 0 Å². The van der Waals surface area contributed by atoms with Gasteiger partial charge in [0, 0.05) is 18.1 Å². The maximum absolute atomic E-state index is 13.5. The summed E-state index contributed by atoms with van der Waals surface area (Å²) in [6, 6.07) is 6.56. The molecule has 0 aliphatic carbocycles. The lowest BCUT2D eigenvalue weighted by Crippen LogP contribution is -2.42. The highest BCUT2D eigenvalue weighted by atomic mass is 19.1. The molecule has 0 aromatic heterocycles. The Labute approximate surface area is 114 Å². The predicted molar refractivity (Wildman–Crippen MR) is 75.4 cm³/mol. The Bertz CT molecular complexity index is 440. The fourth-order valence-corrected chi connectivity index (χ4v) is 3.98. The minimum absolute atomic E-state index is 0.0220. The Kier molecular flexibility index (Phi) is 3.35. The Hall–Kier alpha value is -0.930. The first-order chi connectivity index (χ1) is 9.04. The fraction of sp³-hybridized carbons (Fsp3) is 0.625. The first-order valence-electron chi connectivity index (χ1n) is 7.29. The van der Waals surface area contributed by atoms with Gasteiger partial charge in [0.2, 0.25) is 0 Å². The molecule has 2 nitrogen and oxygen atoms in total. The molecule has 3 rings (SSSR count). The van der Waals surface area contributed by atoms with E-state index in [1.165, 1.54) is 12.8 Å². The minimum atomic E-state index is -0.165. The van der Waals surface area contributed by atoms with Crippen LogP contribution in [0.5, 0.6) is 0 Å². The zero-order valence-corrected chi connectivity index (χ0v) is 11.8. The average Bonchev–Trinajstić information content (AvgIpc) is 2.60. The number of fused-ring (bicyclic) bond motifs is 2. The predicted octanol–water partition coefficient (Wildman–Crippen LogP) is 3.01. The van der Waals surface area contributed by atoms with Crippen molar-refractivity contribution < 1.29 is 4.39 Å². The summed E-state index contributed by atoms with van der Waals surface area (Å²) in [7, 11) is 2.23. The number of hydrogen-bond acceptors (Lipinski definition) is 2. The molecule has 2 aliphatic rings. The summed E-state index contributed by atoms with van der Waals surface area (Å²) in [5.74, 6) is 0.330. The van der Waals surface area contributed by atoms with Gasteiger partial charge in [0.1, 0.15) is 5.82 Å². The summed E-state index contributed by atoms with van der Waals surface area (Å²) in [6.45, 7) is 1.93. The molecule has 2 saturated heterocycles. The van der Waals surface area contributed by atoms with Crippen molar-refractivity contribution >= 4 is 0 Å². The van der Waals surface area contributed by atoms with Crippen molar-refractivity contribution in [2.75, 3.05) is 7.05 Å². The second kappa shape index (κ2) is 4.88. The van der Waals surface area contributed by atoms with Gasteiger partial charge in [0.25, 0.3) is 0 Å². The highest BCUT2D eigenvalue weighted by Gasteiger charge is 2.40. The highest BCUT2D eigenvalue weighted by molar-refractivity contribution is 5.27. The molecule has 19 heavy (non-hydrogen) atoms. The fourth-order valence-electron chi connectivity index (χ4n) is 3.98. The monoisotopic (exact) mass is 262 g/mol. The Morgan fingerprint density at radius 3 is 2.42 bits per heavy atom. The second-order valence-electron chi connectivity index (χ2n) is 6.37. The van der Waals surface area contributed by atoms with E-state index in [0.29, 0.717) is 18.0 Å². The Morgan fingerprint density at radius 2 is 1.84 bits per heavy atom. The molecule has 2 bridgehead atoms. The lowest BCUT2D eigenvalue weighted by molar-refractivity contribution is 0.121. The van der Waals surface area contributed by atoms with Crippen LogP contribution in [0.3, 0.4) is 0 Å². The first kappa shape index (κ1) is 13.1. The van der Waals surface area contributed by atoms with E-state index in [2.05, 4.69) is 11.9 Å². The number of benzene rings is 1. The van der Waals surface area contributed by atoms with Gasteiger partial charge in [-0.3, -0.25) is 0 Å². The quantitative estimate of drug-likeness (QED) is 0.887. The number of halogens is 1. The molecule has 2 heterocycles. The molecule has 0 amide bonds. The van der Waals surface area contributed by atoms with E-state index < -0.39 is 0 Å². The molecule has 1 aromatic rings. The molecule has 0 saturated carbocycles. The van der Waals surface area contributed by atoms with Crippen LogP contribution in [0.1, 0.15) is 42.9 Å². The van der Waals surface area contributed by atoms with Crippen LogP contribution in [0.4, 0.5) is 4.39 Å². The van der Waals surface area contributed by atoms with E-state index in [1.54, 1.807) is 12.1 Å². The third-order valence-electron chi connectivity index (χ3n) is 5.09. The Balaban J connectivity index is 1.79. The molecule has 2 N–H and O–H groups in total. The second-order valence-corrected chi connectivity index (χ2v) is 6.37. The van der Waals surface area contributed by atoms with Crippen LogP contribution in [0.15, 0.2) is 18.2 Å². The van der Waals surface area contributed by atoms with Gasteiger partial charge in [0.05, 0.1) is 0 Å². The molecule has 2 aliphatic heterocycles. The van der Waals surface area contributed by atoms with E-state index in [1.807, 2.05) is 13.0 Å². The maximum Gasteiger partial charge on any atom is 0.123 e. The van der Waals surface area contributed by atoms with Crippen molar-refractivity contribution in [1.82, 2.24) is 4.90 Å². The number of nitrogens with zero attached hydrogens (tertiary/aromatic N) is 1. The SMILES string of the molecule is Cc1cc(F)cc(C(N)C2CC3CCC(C2)N3C)c1. The highest BCUT2D eigenvalue weighted by Crippen LogP contribution is 2.41. The van der Waals surface area contributed by atoms with E-state index in [9.17, 15) is 4.39 Å². The van der Waals surface area contributed by atoms with Gasteiger partial charge in [-0.1, -0.05) is 6.07 Å². The molecule has 1 aromatic carbocycles. The maximum atomic E-state index is 13.5. The number of hydrogen-bond donors (Lipinski definition) is 1. The summed E-state index contributed by atoms with van der Waals surface area (Å²) in [5, 5.41) is 0. The zero-order chi connectivity index (χ0) is 13.6. The third-order valence-corrected chi connectivity index (χ3v) is 5.09. The standard InChI is InChI=1S/C16H23FN2/c1-10-5-11(7-13(17)6-10)16(18)12-8-14-3-4-15(9-12)19(14)2/h5-7,12,14-16H,3-4,8-9,18H2,1-2H3. The smallest absolute Gasteiger partial charge is 0.123 e. The molecular formula is C16H23FN2. The van der Waals surface area contributed by atoms with Crippen LogP contribution < -0.4 is 5.73 Å².